The fourth-order valence-corrected chi connectivity index (χ4v) is 5.71. The molecule has 3 aliphatic rings. The summed E-state index contributed by atoms with van der Waals surface area (Å²) in [6.07, 6.45) is 4.17. The minimum Gasteiger partial charge on any atom is -0.379 e. The molecule has 1 aromatic carbocycles. The Morgan fingerprint density at radius 1 is 1.10 bits per heavy atom. The van der Waals surface area contributed by atoms with Crippen LogP contribution in [0.25, 0.3) is 5.70 Å². The van der Waals surface area contributed by atoms with Gasteiger partial charge >= 0.3 is 6.03 Å². The van der Waals surface area contributed by atoms with Gasteiger partial charge in [0.25, 0.3) is 5.91 Å². The number of morpholine rings is 1. The van der Waals surface area contributed by atoms with Crippen molar-refractivity contribution in [2.24, 2.45) is 10.2 Å². The van der Waals surface area contributed by atoms with Crippen molar-refractivity contribution in [2.75, 3.05) is 38.2 Å². The van der Waals surface area contributed by atoms with Crippen molar-refractivity contribution in [1.82, 2.24) is 20.7 Å². The SMILES string of the molecule is O=C(Nc1cccc2c1C(=O)C1=C(c3ccc(C(=O)NCCc4cccnc4)s3)N=NC12)NN1CCOCC1. The lowest BCUT2D eigenvalue weighted by atomic mass is 10.1. The Hall–Kier alpha value is -4.26. The van der Waals surface area contributed by atoms with Crippen LogP contribution in [0.5, 0.6) is 0 Å². The average molecular weight is 544 g/mol. The molecule has 0 radical (unpaired) electrons. The molecular weight excluding hydrogens is 518 g/mol. The molecule has 1 fully saturated rings. The fraction of sp³-hybridized carbons (Fsp3) is 0.259. The molecule has 6 rings (SSSR count). The number of urea groups is 1. The van der Waals surface area contributed by atoms with E-state index in [0.29, 0.717) is 77.1 Å². The number of hydrazine groups is 1. The summed E-state index contributed by atoms with van der Waals surface area (Å²) in [4.78, 5) is 44.3. The van der Waals surface area contributed by atoms with Crippen LogP contribution in [-0.4, -0.2) is 60.6 Å². The number of aromatic nitrogens is 1. The number of hydrogen-bond acceptors (Lipinski definition) is 9. The predicted molar refractivity (Wildman–Crippen MR) is 144 cm³/mol. The topological polar surface area (TPSA) is 137 Å². The smallest absolute Gasteiger partial charge is 0.333 e. The van der Waals surface area contributed by atoms with Gasteiger partial charge in [0.05, 0.1) is 39.8 Å². The Labute approximate surface area is 228 Å². The first-order chi connectivity index (χ1) is 19.1. The second-order valence-electron chi connectivity index (χ2n) is 9.18. The largest absolute Gasteiger partial charge is 0.379 e. The summed E-state index contributed by atoms with van der Waals surface area (Å²) in [6, 6.07) is 11.7. The van der Waals surface area contributed by atoms with Crippen LogP contribution in [0.1, 0.15) is 42.1 Å². The number of hydrogen-bond donors (Lipinski definition) is 3. The molecule has 1 unspecified atom stereocenters. The van der Waals surface area contributed by atoms with Crippen LogP contribution in [0, 0.1) is 0 Å². The highest BCUT2D eigenvalue weighted by molar-refractivity contribution is 7.15. The average Bonchev–Trinajstić information content (AvgIpc) is 3.67. The highest BCUT2D eigenvalue weighted by atomic mass is 32.1. The number of ketones is 1. The molecule has 4 heterocycles. The molecule has 11 nitrogen and oxygen atoms in total. The van der Waals surface area contributed by atoms with Crippen molar-refractivity contribution in [3.05, 3.63) is 86.9 Å². The van der Waals surface area contributed by atoms with Crippen molar-refractivity contribution < 1.29 is 19.1 Å². The number of nitrogens with zero attached hydrogens (tertiary/aromatic N) is 4. The van der Waals surface area contributed by atoms with Crippen LogP contribution in [0.4, 0.5) is 10.5 Å². The maximum atomic E-state index is 13.6. The Morgan fingerprint density at radius 3 is 2.79 bits per heavy atom. The van der Waals surface area contributed by atoms with E-state index in [2.05, 4.69) is 31.3 Å². The number of carbonyl (C=O) groups is 3. The van der Waals surface area contributed by atoms with Gasteiger partial charge in [0, 0.05) is 32.0 Å². The van der Waals surface area contributed by atoms with E-state index < -0.39 is 12.1 Å². The van der Waals surface area contributed by atoms with Gasteiger partial charge in [0.2, 0.25) is 0 Å². The number of azo groups is 1. The highest BCUT2D eigenvalue weighted by Crippen LogP contribution is 2.49. The number of benzene rings is 1. The van der Waals surface area contributed by atoms with E-state index in [4.69, 9.17) is 4.74 Å². The van der Waals surface area contributed by atoms with Crippen molar-refractivity contribution in [3.8, 4) is 0 Å². The lowest BCUT2D eigenvalue weighted by Gasteiger charge is -2.27. The van der Waals surface area contributed by atoms with Crippen LogP contribution in [-0.2, 0) is 11.2 Å². The minimum absolute atomic E-state index is 0.189. The third-order valence-corrected chi connectivity index (χ3v) is 7.76. The van der Waals surface area contributed by atoms with Crippen LogP contribution in [0.2, 0.25) is 0 Å². The Balaban J connectivity index is 1.17. The first-order valence-corrected chi connectivity index (χ1v) is 13.4. The fourth-order valence-electron chi connectivity index (χ4n) is 4.79. The quantitative estimate of drug-likeness (QED) is 0.416. The number of Topliss-reactive ketones (excluding diaryl/α,β-unsaturated/α-hetero) is 1. The number of rotatable bonds is 7. The lowest BCUT2D eigenvalue weighted by Crippen LogP contribution is -2.49. The number of fused-ring (bicyclic) bond motifs is 3. The summed E-state index contributed by atoms with van der Waals surface area (Å²) in [5.41, 5.74) is 6.28. The highest BCUT2D eigenvalue weighted by Gasteiger charge is 2.42. The van der Waals surface area contributed by atoms with E-state index in [1.54, 1.807) is 41.7 Å². The zero-order valence-corrected chi connectivity index (χ0v) is 21.7. The van der Waals surface area contributed by atoms with E-state index in [-0.39, 0.29) is 11.7 Å². The van der Waals surface area contributed by atoms with Crippen molar-refractivity contribution >= 4 is 40.4 Å². The van der Waals surface area contributed by atoms with Gasteiger partial charge in [-0.15, -0.1) is 11.3 Å². The van der Waals surface area contributed by atoms with E-state index in [9.17, 15) is 14.4 Å². The monoisotopic (exact) mass is 543 g/mol. The van der Waals surface area contributed by atoms with Gasteiger partial charge in [-0.1, -0.05) is 18.2 Å². The molecule has 3 aromatic rings. The third kappa shape index (κ3) is 5.09. The summed E-state index contributed by atoms with van der Waals surface area (Å²) in [5, 5.41) is 16.2. The standard InChI is InChI=1S/C27H25N7O4S/c35-25-21-17(4-1-5-18(21)30-27(37)33-34-11-13-38-14-12-34)23-22(25)24(32-31-23)19-6-7-20(39-19)26(36)29-10-8-16-3-2-9-28-15-16/h1-7,9,15,23H,8,10-14H2,(H,29,36)(H2,30,33,37). The maximum absolute atomic E-state index is 13.6. The van der Waals surface area contributed by atoms with Crippen molar-refractivity contribution in [1.29, 1.82) is 0 Å². The molecule has 2 aromatic heterocycles. The molecule has 1 saturated heterocycles. The van der Waals surface area contributed by atoms with E-state index in [1.165, 1.54) is 11.3 Å². The Morgan fingerprint density at radius 2 is 1.97 bits per heavy atom. The number of ether oxygens (including phenoxy) is 1. The number of anilines is 1. The van der Waals surface area contributed by atoms with Gasteiger partial charge in [-0.05, 0) is 41.8 Å². The van der Waals surface area contributed by atoms with Gasteiger partial charge in [0.1, 0.15) is 11.7 Å². The summed E-state index contributed by atoms with van der Waals surface area (Å²) in [6.45, 7) is 2.74. The second kappa shape index (κ2) is 10.8. The van der Waals surface area contributed by atoms with Gasteiger partial charge in [0.15, 0.2) is 5.78 Å². The second-order valence-corrected chi connectivity index (χ2v) is 10.3. The molecule has 3 amide bonds. The molecule has 39 heavy (non-hydrogen) atoms. The summed E-state index contributed by atoms with van der Waals surface area (Å²) >= 11 is 1.26. The molecule has 1 atom stereocenters. The van der Waals surface area contributed by atoms with Gasteiger partial charge in [-0.3, -0.25) is 20.0 Å². The summed E-state index contributed by atoms with van der Waals surface area (Å²) in [7, 11) is 0. The maximum Gasteiger partial charge on any atom is 0.333 e. The van der Waals surface area contributed by atoms with E-state index in [1.807, 2.05) is 18.2 Å². The van der Waals surface area contributed by atoms with Gasteiger partial charge in [-0.2, -0.15) is 10.2 Å². The Bertz CT molecular complexity index is 1490. The molecule has 3 N–H and O–H groups in total. The number of amides is 3. The van der Waals surface area contributed by atoms with Crippen molar-refractivity contribution in [3.63, 3.8) is 0 Å². The third-order valence-electron chi connectivity index (χ3n) is 6.67. The summed E-state index contributed by atoms with van der Waals surface area (Å²) < 4.78 is 5.31. The van der Waals surface area contributed by atoms with Gasteiger partial charge < -0.3 is 15.4 Å². The number of nitrogens with one attached hydrogen (secondary N) is 3. The first-order valence-electron chi connectivity index (χ1n) is 12.6. The zero-order valence-electron chi connectivity index (χ0n) is 20.8. The van der Waals surface area contributed by atoms with E-state index in [0.717, 1.165) is 5.56 Å². The van der Waals surface area contributed by atoms with Crippen molar-refractivity contribution in [2.45, 2.75) is 12.5 Å². The molecule has 1 aliphatic carbocycles. The molecule has 0 spiro atoms. The summed E-state index contributed by atoms with van der Waals surface area (Å²) in [5.74, 6) is -0.417. The number of carbonyl (C=O) groups excluding carboxylic acids is 3. The Kier molecular flexibility index (Phi) is 6.97. The van der Waals surface area contributed by atoms with E-state index >= 15 is 0 Å². The van der Waals surface area contributed by atoms with Crippen LogP contribution in [0.3, 0.4) is 0 Å². The molecular formula is C27H25N7O4S. The predicted octanol–water partition coefficient (Wildman–Crippen LogP) is 3.60. The minimum atomic E-state index is -0.537. The molecule has 0 bridgehead atoms. The molecule has 198 valence electrons. The molecule has 2 aliphatic heterocycles. The van der Waals surface area contributed by atoms with Gasteiger partial charge in [-0.25, -0.2) is 9.80 Å². The number of pyridine rings is 1. The molecule has 12 heteroatoms. The number of thiophene rings is 1. The zero-order chi connectivity index (χ0) is 26.8. The first kappa shape index (κ1) is 25.0. The lowest BCUT2D eigenvalue weighted by molar-refractivity contribution is 0.0207. The van der Waals surface area contributed by atoms with Crippen LogP contribution >= 0.6 is 11.3 Å². The normalized spacial score (nSPS) is 18.2. The van der Waals surface area contributed by atoms with Crippen LogP contribution < -0.4 is 16.1 Å². The molecule has 0 saturated carbocycles. The van der Waals surface area contributed by atoms with Crippen LogP contribution in [0.15, 0.2) is 70.7 Å².